The summed E-state index contributed by atoms with van der Waals surface area (Å²) >= 11 is 0. The molecule has 0 fully saturated rings. The predicted octanol–water partition coefficient (Wildman–Crippen LogP) is 1.93. The van der Waals surface area contributed by atoms with E-state index in [-0.39, 0.29) is 17.1 Å². The maximum atomic E-state index is 12.6. The lowest BCUT2D eigenvalue weighted by molar-refractivity contribution is 0.0980. The number of carbonyl (C=O) groups is 2. The third-order valence-corrected chi connectivity index (χ3v) is 3.47. The van der Waals surface area contributed by atoms with Crippen molar-refractivity contribution in [1.82, 2.24) is 0 Å². The molecule has 0 unspecified atom stereocenters. The van der Waals surface area contributed by atoms with Crippen molar-refractivity contribution in [2.24, 2.45) is 0 Å². The number of anilines is 2. The zero-order valence-corrected chi connectivity index (χ0v) is 10.4. The van der Waals surface area contributed by atoms with Crippen LogP contribution in [0.4, 0.5) is 11.4 Å². The van der Waals surface area contributed by atoms with Crippen LogP contribution in [-0.2, 0) is 0 Å². The summed E-state index contributed by atoms with van der Waals surface area (Å²) in [5.74, 6) is -0.467. The molecule has 0 atom stereocenters. The van der Waals surface area contributed by atoms with Crippen LogP contribution in [0.2, 0.25) is 0 Å². The summed E-state index contributed by atoms with van der Waals surface area (Å²) in [7, 11) is 0. The largest absolute Gasteiger partial charge is 0.398 e. The van der Waals surface area contributed by atoms with Gasteiger partial charge in [-0.1, -0.05) is 18.2 Å². The van der Waals surface area contributed by atoms with E-state index in [4.69, 9.17) is 11.5 Å². The Labute approximate surface area is 110 Å². The molecule has 19 heavy (non-hydrogen) atoms. The van der Waals surface area contributed by atoms with Crippen LogP contribution in [0.3, 0.4) is 0 Å². The van der Waals surface area contributed by atoms with Crippen LogP contribution in [0.15, 0.2) is 30.3 Å². The first-order valence-electron chi connectivity index (χ1n) is 5.89. The average molecular weight is 252 g/mol. The molecule has 4 heteroatoms. The van der Waals surface area contributed by atoms with Crippen molar-refractivity contribution >= 4 is 22.9 Å². The minimum Gasteiger partial charge on any atom is -0.398 e. The molecule has 2 aromatic carbocycles. The monoisotopic (exact) mass is 252 g/mol. The number of fused-ring (bicyclic) bond motifs is 2. The topological polar surface area (TPSA) is 86.2 Å². The Kier molecular flexibility index (Phi) is 2.22. The Morgan fingerprint density at radius 2 is 1.47 bits per heavy atom. The van der Waals surface area contributed by atoms with Gasteiger partial charge in [-0.2, -0.15) is 0 Å². The lowest BCUT2D eigenvalue weighted by atomic mass is 9.80. The fourth-order valence-electron chi connectivity index (χ4n) is 2.53. The first-order valence-corrected chi connectivity index (χ1v) is 5.89. The van der Waals surface area contributed by atoms with E-state index in [1.54, 1.807) is 37.3 Å². The number of nitrogen functional groups attached to an aromatic ring is 2. The molecule has 0 bridgehead atoms. The molecule has 0 saturated carbocycles. The smallest absolute Gasteiger partial charge is 0.196 e. The number of hydrogen-bond acceptors (Lipinski definition) is 4. The number of rotatable bonds is 0. The highest BCUT2D eigenvalue weighted by molar-refractivity contribution is 6.32. The van der Waals surface area contributed by atoms with E-state index in [0.717, 1.165) is 5.56 Å². The van der Waals surface area contributed by atoms with Gasteiger partial charge in [0.1, 0.15) is 0 Å². The molecule has 3 rings (SSSR count). The van der Waals surface area contributed by atoms with E-state index in [1.165, 1.54) is 0 Å². The summed E-state index contributed by atoms with van der Waals surface area (Å²) in [4.78, 5) is 25.1. The van der Waals surface area contributed by atoms with Gasteiger partial charge in [-0.3, -0.25) is 9.59 Å². The van der Waals surface area contributed by atoms with Gasteiger partial charge in [-0.25, -0.2) is 0 Å². The van der Waals surface area contributed by atoms with Gasteiger partial charge < -0.3 is 11.5 Å². The fourth-order valence-corrected chi connectivity index (χ4v) is 2.53. The van der Waals surface area contributed by atoms with E-state index >= 15 is 0 Å². The van der Waals surface area contributed by atoms with Gasteiger partial charge in [0.05, 0.1) is 11.1 Å². The SMILES string of the molecule is Cc1ccc(N)c2c1C(=O)c1c(N)cccc1C2=O. The molecule has 2 aromatic rings. The molecule has 94 valence electrons. The number of carbonyl (C=O) groups excluding carboxylic acids is 2. The van der Waals surface area contributed by atoms with Crippen molar-refractivity contribution in [2.45, 2.75) is 6.92 Å². The minimum atomic E-state index is -0.238. The first kappa shape index (κ1) is 11.5. The maximum Gasteiger partial charge on any atom is 0.196 e. The molecule has 0 amide bonds. The lowest BCUT2D eigenvalue weighted by Crippen LogP contribution is -2.24. The first-order chi connectivity index (χ1) is 9.02. The molecule has 0 radical (unpaired) electrons. The second-order valence-electron chi connectivity index (χ2n) is 4.65. The zero-order valence-electron chi connectivity index (χ0n) is 10.4. The van der Waals surface area contributed by atoms with Crippen molar-refractivity contribution in [3.05, 3.63) is 58.1 Å². The number of hydrogen-bond donors (Lipinski definition) is 2. The Morgan fingerprint density at radius 3 is 2.21 bits per heavy atom. The Morgan fingerprint density at radius 1 is 0.789 bits per heavy atom. The van der Waals surface area contributed by atoms with Gasteiger partial charge in [-0.15, -0.1) is 0 Å². The second kappa shape index (κ2) is 3.68. The van der Waals surface area contributed by atoms with Crippen molar-refractivity contribution in [3.8, 4) is 0 Å². The van der Waals surface area contributed by atoms with Crippen LogP contribution in [0.25, 0.3) is 0 Å². The van der Waals surface area contributed by atoms with E-state index in [9.17, 15) is 9.59 Å². The van der Waals surface area contributed by atoms with Crippen LogP contribution in [0.5, 0.6) is 0 Å². The standard InChI is InChI=1S/C15H12N2O2/c1-7-5-6-10(17)13-11(7)15(19)12-8(14(13)18)3-2-4-9(12)16/h2-6H,16-17H2,1H3. The normalized spacial score (nSPS) is 13.1. The van der Waals surface area contributed by atoms with Crippen molar-refractivity contribution in [2.75, 3.05) is 11.5 Å². The predicted molar refractivity (Wildman–Crippen MR) is 73.3 cm³/mol. The van der Waals surface area contributed by atoms with Gasteiger partial charge in [0.15, 0.2) is 11.6 Å². The minimum absolute atomic E-state index is 0.229. The molecule has 0 saturated heterocycles. The molecule has 0 aliphatic heterocycles. The molecule has 4 nitrogen and oxygen atoms in total. The highest BCUT2D eigenvalue weighted by Crippen LogP contribution is 2.34. The van der Waals surface area contributed by atoms with Crippen molar-refractivity contribution in [3.63, 3.8) is 0 Å². The third kappa shape index (κ3) is 1.40. The quantitative estimate of drug-likeness (QED) is 0.598. The summed E-state index contributed by atoms with van der Waals surface area (Å²) < 4.78 is 0. The molecule has 0 aromatic heterocycles. The van der Waals surface area contributed by atoms with Gasteiger partial charge >= 0.3 is 0 Å². The number of ketones is 2. The Balaban J connectivity index is 2.43. The summed E-state index contributed by atoms with van der Waals surface area (Å²) in [6.45, 7) is 1.79. The van der Waals surface area contributed by atoms with Crippen molar-refractivity contribution < 1.29 is 9.59 Å². The van der Waals surface area contributed by atoms with E-state index in [1.807, 2.05) is 0 Å². The fraction of sp³-hybridized carbons (Fsp3) is 0.0667. The molecular weight excluding hydrogens is 240 g/mol. The molecule has 0 heterocycles. The molecular formula is C15H12N2O2. The summed E-state index contributed by atoms with van der Waals surface area (Å²) in [5.41, 5.74) is 14.3. The van der Waals surface area contributed by atoms with Crippen LogP contribution in [0.1, 0.15) is 37.4 Å². The van der Waals surface area contributed by atoms with Gasteiger partial charge in [0.25, 0.3) is 0 Å². The van der Waals surface area contributed by atoms with Gasteiger partial charge in [0.2, 0.25) is 0 Å². The third-order valence-electron chi connectivity index (χ3n) is 3.47. The summed E-state index contributed by atoms with van der Waals surface area (Å²) in [6, 6.07) is 8.28. The lowest BCUT2D eigenvalue weighted by Gasteiger charge is -2.21. The van der Waals surface area contributed by atoms with Gasteiger partial charge in [-0.05, 0) is 24.6 Å². The average Bonchev–Trinajstić information content (AvgIpc) is 2.38. The van der Waals surface area contributed by atoms with E-state index in [0.29, 0.717) is 28.1 Å². The summed E-state index contributed by atoms with van der Waals surface area (Å²) in [5, 5.41) is 0. The highest BCUT2D eigenvalue weighted by Gasteiger charge is 2.33. The Hall–Kier alpha value is -2.62. The zero-order chi connectivity index (χ0) is 13.7. The van der Waals surface area contributed by atoms with Crippen LogP contribution in [0, 0.1) is 6.92 Å². The van der Waals surface area contributed by atoms with Crippen LogP contribution in [-0.4, -0.2) is 11.6 Å². The number of aryl methyl sites for hydroxylation is 1. The Bertz CT molecular complexity index is 748. The maximum absolute atomic E-state index is 12.6. The highest BCUT2D eigenvalue weighted by atomic mass is 16.1. The van der Waals surface area contributed by atoms with Gasteiger partial charge in [0, 0.05) is 22.5 Å². The van der Waals surface area contributed by atoms with Crippen LogP contribution >= 0.6 is 0 Å². The van der Waals surface area contributed by atoms with Crippen molar-refractivity contribution in [1.29, 1.82) is 0 Å². The molecule has 1 aliphatic rings. The number of nitrogens with two attached hydrogens (primary N) is 2. The second-order valence-corrected chi connectivity index (χ2v) is 4.65. The summed E-state index contributed by atoms with van der Waals surface area (Å²) in [6.07, 6.45) is 0. The van der Waals surface area contributed by atoms with Crippen LogP contribution < -0.4 is 11.5 Å². The molecule has 4 N–H and O–H groups in total. The van der Waals surface area contributed by atoms with E-state index in [2.05, 4.69) is 0 Å². The number of benzene rings is 2. The van der Waals surface area contributed by atoms with E-state index < -0.39 is 0 Å². The molecule has 0 spiro atoms. The molecule has 1 aliphatic carbocycles.